The normalized spacial score (nSPS) is 51.5. The fraction of sp³-hybridized carbons (Fsp3) is 0.867. The molecule has 3 aliphatic carbocycles. The summed E-state index contributed by atoms with van der Waals surface area (Å²) in [6.07, 6.45) is 9.71. The molecule has 3 atom stereocenters. The quantitative estimate of drug-likeness (QED) is 0.507. The highest BCUT2D eigenvalue weighted by Gasteiger charge is 2.68. The van der Waals surface area contributed by atoms with E-state index in [-0.39, 0.29) is 0 Å². The second-order valence-corrected chi connectivity index (χ2v) is 7.18. The molecular formula is C15H24. The molecule has 0 radical (unpaired) electrons. The maximum Gasteiger partial charge on any atom is -0.00289 e. The van der Waals surface area contributed by atoms with Crippen LogP contribution in [0.15, 0.2) is 11.6 Å². The van der Waals surface area contributed by atoms with Gasteiger partial charge in [0, 0.05) is 0 Å². The monoisotopic (exact) mass is 204 g/mol. The third kappa shape index (κ3) is 0.905. The maximum absolute atomic E-state index is 2.59. The SMILES string of the molecule is CC1=CCC[C@]2(C)[C@@H]3CC[C@]12CC3(C)C. The van der Waals surface area contributed by atoms with Crippen LogP contribution >= 0.6 is 0 Å². The highest BCUT2D eigenvalue weighted by molar-refractivity contribution is 5.31. The highest BCUT2D eigenvalue weighted by atomic mass is 14.7. The van der Waals surface area contributed by atoms with Gasteiger partial charge >= 0.3 is 0 Å². The summed E-state index contributed by atoms with van der Waals surface area (Å²) < 4.78 is 0. The average molecular weight is 204 g/mol. The molecule has 0 aromatic heterocycles. The van der Waals surface area contributed by atoms with Gasteiger partial charge < -0.3 is 0 Å². The second-order valence-electron chi connectivity index (χ2n) is 7.18. The zero-order valence-electron chi connectivity index (χ0n) is 10.7. The molecule has 0 amide bonds. The first-order chi connectivity index (χ1) is 6.92. The lowest BCUT2D eigenvalue weighted by atomic mass is 9.59. The Bertz CT molecular complexity index is 336. The van der Waals surface area contributed by atoms with Crippen molar-refractivity contribution in [1.29, 1.82) is 0 Å². The van der Waals surface area contributed by atoms with E-state index in [9.17, 15) is 0 Å². The number of allylic oxidation sites excluding steroid dienone is 2. The summed E-state index contributed by atoms with van der Waals surface area (Å²) in [5.74, 6) is 0.980. The van der Waals surface area contributed by atoms with Crippen molar-refractivity contribution in [3.63, 3.8) is 0 Å². The number of hydrogen-bond acceptors (Lipinski definition) is 0. The largest absolute Gasteiger partial charge is 0.0850 e. The summed E-state index contributed by atoms with van der Waals surface area (Å²) >= 11 is 0. The number of rotatable bonds is 0. The Morgan fingerprint density at radius 2 is 1.93 bits per heavy atom. The summed E-state index contributed by atoms with van der Waals surface area (Å²) in [7, 11) is 0. The van der Waals surface area contributed by atoms with E-state index in [2.05, 4.69) is 33.8 Å². The first kappa shape index (κ1) is 9.93. The van der Waals surface area contributed by atoms with Crippen LogP contribution in [0.1, 0.15) is 59.8 Å². The van der Waals surface area contributed by atoms with Gasteiger partial charge in [0.05, 0.1) is 0 Å². The van der Waals surface area contributed by atoms with Crippen molar-refractivity contribution in [2.45, 2.75) is 59.8 Å². The molecule has 3 aliphatic rings. The molecule has 84 valence electrons. The van der Waals surface area contributed by atoms with E-state index in [1.807, 2.05) is 0 Å². The first-order valence-corrected chi connectivity index (χ1v) is 6.60. The lowest BCUT2D eigenvalue weighted by Crippen LogP contribution is -2.36. The van der Waals surface area contributed by atoms with Crippen LogP contribution in [-0.2, 0) is 0 Å². The Labute approximate surface area is 94.1 Å². The molecule has 2 fully saturated rings. The summed E-state index contributed by atoms with van der Waals surface area (Å²) in [6.45, 7) is 10.0. The van der Waals surface area contributed by atoms with Gasteiger partial charge in [-0.25, -0.2) is 0 Å². The lowest BCUT2D eigenvalue weighted by molar-refractivity contribution is 0.114. The van der Waals surface area contributed by atoms with Crippen LogP contribution in [0.2, 0.25) is 0 Å². The van der Waals surface area contributed by atoms with E-state index < -0.39 is 0 Å². The average Bonchev–Trinajstić information content (AvgIpc) is 2.50. The van der Waals surface area contributed by atoms with Crippen LogP contribution in [-0.4, -0.2) is 0 Å². The van der Waals surface area contributed by atoms with Crippen molar-refractivity contribution in [2.75, 3.05) is 0 Å². The number of hydrogen-bond donors (Lipinski definition) is 0. The second kappa shape index (κ2) is 2.52. The van der Waals surface area contributed by atoms with E-state index in [0.717, 1.165) is 5.92 Å². The van der Waals surface area contributed by atoms with Gasteiger partial charge in [-0.15, -0.1) is 0 Å². The first-order valence-electron chi connectivity index (χ1n) is 6.60. The molecule has 0 heteroatoms. The zero-order valence-corrected chi connectivity index (χ0v) is 10.7. The maximum atomic E-state index is 2.59. The Balaban J connectivity index is 2.17. The van der Waals surface area contributed by atoms with E-state index in [1.165, 1.54) is 32.1 Å². The van der Waals surface area contributed by atoms with Gasteiger partial charge in [-0.05, 0) is 61.2 Å². The minimum Gasteiger partial charge on any atom is -0.0850 e. The van der Waals surface area contributed by atoms with Crippen molar-refractivity contribution in [3.05, 3.63) is 11.6 Å². The van der Waals surface area contributed by atoms with Crippen LogP contribution in [0.25, 0.3) is 0 Å². The van der Waals surface area contributed by atoms with Gasteiger partial charge in [-0.2, -0.15) is 0 Å². The van der Waals surface area contributed by atoms with Crippen LogP contribution in [0.4, 0.5) is 0 Å². The topological polar surface area (TPSA) is 0 Å². The fourth-order valence-electron chi connectivity index (χ4n) is 5.76. The molecule has 0 unspecified atom stereocenters. The summed E-state index contributed by atoms with van der Waals surface area (Å²) in [4.78, 5) is 0. The van der Waals surface area contributed by atoms with Crippen LogP contribution in [0.5, 0.6) is 0 Å². The van der Waals surface area contributed by atoms with Crippen LogP contribution < -0.4 is 0 Å². The summed E-state index contributed by atoms with van der Waals surface area (Å²) in [6, 6.07) is 0. The third-order valence-corrected chi connectivity index (χ3v) is 6.29. The minimum atomic E-state index is 0.590. The molecule has 0 aromatic rings. The molecule has 2 saturated carbocycles. The van der Waals surface area contributed by atoms with Gasteiger partial charge in [0.1, 0.15) is 0 Å². The van der Waals surface area contributed by atoms with Gasteiger partial charge in [-0.1, -0.05) is 32.4 Å². The molecule has 3 rings (SSSR count). The van der Waals surface area contributed by atoms with Gasteiger partial charge in [0.2, 0.25) is 0 Å². The van der Waals surface area contributed by atoms with Gasteiger partial charge in [0.15, 0.2) is 0 Å². The Morgan fingerprint density at radius 3 is 2.53 bits per heavy atom. The van der Waals surface area contributed by atoms with Gasteiger partial charge in [0.25, 0.3) is 0 Å². The molecule has 0 aromatic carbocycles. The summed E-state index contributed by atoms with van der Waals surface area (Å²) in [5.41, 5.74) is 3.55. The fourth-order valence-corrected chi connectivity index (χ4v) is 5.76. The van der Waals surface area contributed by atoms with Crippen LogP contribution in [0, 0.1) is 22.2 Å². The Hall–Kier alpha value is -0.260. The van der Waals surface area contributed by atoms with Crippen molar-refractivity contribution in [3.8, 4) is 0 Å². The highest BCUT2D eigenvalue weighted by Crippen LogP contribution is 2.76. The molecular weight excluding hydrogens is 180 g/mol. The van der Waals surface area contributed by atoms with Gasteiger partial charge in [-0.3, -0.25) is 0 Å². The molecule has 2 bridgehead atoms. The molecule has 0 saturated heterocycles. The Kier molecular flexibility index (Phi) is 1.67. The minimum absolute atomic E-state index is 0.590. The molecule has 15 heavy (non-hydrogen) atoms. The standard InChI is InChI=1S/C15H24/c1-11-6-5-8-14(4)12-7-9-15(11,14)10-13(12,2)3/h6,12H,5,7-10H2,1-4H3/t12-,14-,15+/m1/s1. The van der Waals surface area contributed by atoms with Crippen molar-refractivity contribution in [2.24, 2.45) is 22.2 Å². The summed E-state index contributed by atoms with van der Waals surface area (Å²) in [5, 5.41) is 0. The van der Waals surface area contributed by atoms with E-state index >= 15 is 0 Å². The predicted octanol–water partition coefficient (Wildman–Crippen LogP) is 4.56. The van der Waals surface area contributed by atoms with Crippen molar-refractivity contribution < 1.29 is 0 Å². The molecule has 0 nitrogen and oxygen atoms in total. The smallest absolute Gasteiger partial charge is 0.00289 e. The zero-order chi connectivity index (χ0) is 10.9. The predicted molar refractivity (Wildman–Crippen MR) is 64.7 cm³/mol. The molecule has 0 N–H and O–H groups in total. The molecule has 0 heterocycles. The third-order valence-electron chi connectivity index (χ3n) is 6.29. The Morgan fingerprint density at radius 1 is 1.20 bits per heavy atom. The van der Waals surface area contributed by atoms with E-state index in [4.69, 9.17) is 0 Å². The van der Waals surface area contributed by atoms with Crippen LogP contribution in [0.3, 0.4) is 0 Å². The lowest BCUT2D eigenvalue weighted by Gasteiger charge is -2.45. The van der Waals surface area contributed by atoms with Crippen molar-refractivity contribution in [1.82, 2.24) is 0 Å². The molecule has 0 spiro atoms. The molecule has 0 aliphatic heterocycles. The van der Waals surface area contributed by atoms with E-state index in [0.29, 0.717) is 16.2 Å². The van der Waals surface area contributed by atoms with Crippen molar-refractivity contribution >= 4 is 0 Å². The van der Waals surface area contributed by atoms with E-state index in [1.54, 1.807) is 5.57 Å².